The molecule has 0 aliphatic carbocycles. The second-order valence-corrected chi connectivity index (χ2v) is 7.22. The van der Waals surface area contributed by atoms with Crippen LogP contribution < -0.4 is 0 Å². The fourth-order valence-electron chi connectivity index (χ4n) is 2.57. The van der Waals surface area contributed by atoms with E-state index in [0.29, 0.717) is 5.25 Å². The van der Waals surface area contributed by atoms with Gasteiger partial charge in [-0.3, -0.25) is 0 Å². The van der Waals surface area contributed by atoms with E-state index in [1.807, 2.05) is 23.9 Å². The first kappa shape index (κ1) is 13.2. The van der Waals surface area contributed by atoms with Crippen molar-refractivity contribution >= 4 is 38.2 Å². The summed E-state index contributed by atoms with van der Waals surface area (Å²) in [5.74, 6) is 0. The number of imidazole rings is 1. The number of allylic oxidation sites excluding steroid dienone is 1. The van der Waals surface area contributed by atoms with Crippen LogP contribution >= 0.6 is 27.7 Å². The summed E-state index contributed by atoms with van der Waals surface area (Å²) < 4.78 is 3.15. The molecule has 0 fully saturated rings. The number of benzene rings is 1. The second-order valence-electron chi connectivity index (χ2n) is 5.06. The van der Waals surface area contributed by atoms with E-state index in [4.69, 9.17) is 4.98 Å². The van der Waals surface area contributed by atoms with Crippen molar-refractivity contribution in [3.63, 3.8) is 0 Å². The molecule has 0 amide bonds. The molecule has 3 aromatic rings. The lowest BCUT2D eigenvalue weighted by Gasteiger charge is -2.06. The predicted molar refractivity (Wildman–Crippen MR) is 92.3 cm³/mol. The maximum atomic E-state index is 4.75. The molecule has 3 heterocycles. The topological polar surface area (TPSA) is 17.3 Å². The minimum atomic E-state index is 0.416. The number of pyridine rings is 1. The van der Waals surface area contributed by atoms with Crippen LogP contribution in [0, 0.1) is 0 Å². The minimum absolute atomic E-state index is 0.416. The van der Waals surface area contributed by atoms with Crippen LogP contribution in [0.3, 0.4) is 0 Å². The third-order valence-electron chi connectivity index (χ3n) is 3.61. The molecule has 1 atom stereocenters. The molecule has 0 radical (unpaired) electrons. The third-order valence-corrected chi connectivity index (χ3v) is 5.45. The van der Waals surface area contributed by atoms with Gasteiger partial charge >= 0.3 is 0 Å². The maximum absolute atomic E-state index is 4.75. The van der Waals surface area contributed by atoms with Crippen molar-refractivity contribution in [3.8, 4) is 0 Å². The van der Waals surface area contributed by atoms with Gasteiger partial charge in [-0.2, -0.15) is 0 Å². The van der Waals surface area contributed by atoms with E-state index in [2.05, 4.69) is 69.1 Å². The highest BCUT2D eigenvalue weighted by Gasteiger charge is 2.22. The second kappa shape index (κ2) is 5.35. The molecule has 104 valence electrons. The zero-order valence-electron chi connectivity index (χ0n) is 11.2. The molecule has 2 aromatic heterocycles. The Morgan fingerprint density at radius 2 is 1.95 bits per heavy atom. The molecule has 21 heavy (non-hydrogen) atoms. The van der Waals surface area contributed by atoms with Crippen molar-refractivity contribution in [1.82, 2.24) is 9.38 Å². The zero-order chi connectivity index (χ0) is 14.2. The van der Waals surface area contributed by atoms with Crippen molar-refractivity contribution in [2.45, 2.75) is 11.7 Å². The zero-order valence-corrected chi connectivity index (χ0v) is 13.6. The molecule has 0 bridgehead atoms. The number of fused-ring (bicyclic) bond motifs is 1. The number of rotatable bonds is 2. The van der Waals surface area contributed by atoms with Gasteiger partial charge in [-0.1, -0.05) is 36.4 Å². The van der Waals surface area contributed by atoms with Gasteiger partial charge in [0.05, 0.1) is 10.9 Å². The number of nitrogens with zero attached hydrogens (tertiary/aromatic N) is 2. The summed E-state index contributed by atoms with van der Waals surface area (Å²) in [4.78, 5) is 6.11. The molecule has 0 saturated heterocycles. The van der Waals surface area contributed by atoms with Crippen LogP contribution in [-0.2, 0) is 0 Å². The van der Waals surface area contributed by atoms with Gasteiger partial charge in [-0.05, 0) is 40.0 Å². The van der Waals surface area contributed by atoms with Crippen LogP contribution in [0.15, 0.2) is 65.4 Å². The van der Waals surface area contributed by atoms with Crippen molar-refractivity contribution in [2.75, 3.05) is 0 Å². The van der Waals surface area contributed by atoms with Crippen molar-refractivity contribution in [1.29, 1.82) is 0 Å². The van der Waals surface area contributed by atoms with E-state index in [1.54, 1.807) is 0 Å². The summed E-state index contributed by atoms with van der Waals surface area (Å²) in [5.41, 5.74) is 3.46. The monoisotopic (exact) mass is 356 g/mol. The fourth-order valence-corrected chi connectivity index (χ4v) is 4.12. The van der Waals surface area contributed by atoms with Gasteiger partial charge in [0.2, 0.25) is 0 Å². The summed E-state index contributed by atoms with van der Waals surface area (Å²) in [5, 5.41) is 0.416. The Morgan fingerprint density at radius 3 is 2.81 bits per heavy atom. The van der Waals surface area contributed by atoms with E-state index >= 15 is 0 Å². The summed E-state index contributed by atoms with van der Waals surface area (Å²) in [6, 6.07) is 14.6. The normalized spacial score (nSPS) is 18.1. The van der Waals surface area contributed by atoms with Gasteiger partial charge < -0.3 is 4.40 Å². The average molecular weight is 357 g/mol. The van der Waals surface area contributed by atoms with E-state index in [1.165, 1.54) is 10.5 Å². The third kappa shape index (κ3) is 2.54. The first-order chi connectivity index (χ1) is 10.3. The quantitative estimate of drug-likeness (QED) is 0.618. The Morgan fingerprint density at radius 1 is 1.10 bits per heavy atom. The number of halogens is 1. The van der Waals surface area contributed by atoms with Crippen molar-refractivity contribution in [3.05, 3.63) is 76.7 Å². The molecule has 1 aliphatic heterocycles. The Bertz CT molecular complexity index is 823. The summed E-state index contributed by atoms with van der Waals surface area (Å²) in [6.45, 7) is 0. The van der Waals surface area contributed by atoms with Gasteiger partial charge in [0.15, 0.2) is 0 Å². The predicted octanol–water partition coefficient (Wildman–Crippen LogP) is 5.32. The Hall–Kier alpha value is -1.52. The van der Waals surface area contributed by atoms with Crippen LogP contribution in [-0.4, -0.2) is 9.38 Å². The molecule has 1 aliphatic rings. The van der Waals surface area contributed by atoms with E-state index < -0.39 is 0 Å². The Balaban J connectivity index is 1.61. The molecule has 2 nitrogen and oxygen atoms in total. The van der Waals surface area contributed by atoms with Crippen molar-refractivity contribution < 1.29 is 0 Å². The molecule has 0 saturated carbocycles. The fraction of sp³-hybridized carbons (Fsp3) is 0.118. The van der Waals surface area contributed by atoms with Crippen LogP contribution in [0.4, 0.5) is 0 Å². The number of thioether (sulfide) groups is 1. The summed E-state index contributed by atoms with van der Waals surface area (Å²) in [6.07, 6.45) is 7.56. The van der Waals surface area contributed by atoms with Crippen LogP contribution in [0.2, 0.25) is 0 Å². The lowest BCUT2D eigenvalue weighted by molar-refractivity contribution is 0.950. The first-order valence-corrected chi connectivity index (χ1v) is 8.53. The van der Waals surface area contributed by atoms with Crippen LogP contribution in [0.25, 0.3) is 10.6 Å². The SMILES string of the molecule is Brc1ccc2nc(C3CC=C(c4ccccc4)S3)cn2c1. The highest BCUT2D eigenvalue weighted by atomic mass is 79.9. The standard InChI is InChI=1S/C17H13BrN2S/c18-13-6-9-17-19-14(11-20(17)10-13)16-8-7-15(21-16)12-4-2-1-3-5-12/h1-7,9-11,16H,8H2. The lowest BCUT2D eigenvalue weighted by atomic mass is 10.2. The van der Waals surface area contributed by atoms with E-state index in [9.17, 15) is 0 Å². The molecule has 0 spiro atoms. The van der Waals surface area contributed by atoms with Gasteiger partial charge in [-0.25, -0.2) is 4.98 Å². The van der Waals surface area contributed by atoms with Gasteiger partial charge in [0, 0.05) is 21.8 Å². The van der Waals surface area contributed by atoms with Crippen LogP contribution in [0.5, 0.6) is 0 Å². The maximum Gasteiger partial charge on any atom is 0.137 e. The van der Waals surface area contributed by atoms with E-state index in [-0.39, 0.29) is 0 Å². The van der Waals surface area contributed by atoms with Crippen LogP contribution in [0.1, 0.15) is 22.9 Å². The summed E-state index contributed by atoms with van der Waals surface area (Å²) in [7, 11) is 0. The lowest BCUT2D eigenvalue weighted by Crippen LogP contribution is -1.88. The number of hydrogen-bond donors (Lipinski definition) is 0. The number of hydrogen-bond acceptors (Lipinski definition) is 2. The van der Waals surface area contributed by atoms with Gasteiger partial charge in [0.25, 0.3) is 0 Å². The molecule has 1 unspecified atom stereocenters. The molecule has 1 aromatic carbocycles. The highest BCUT2D eigenvalue weighted by molar-refractivity contribution is 9.10. The largest absolute Gasteiger partial charge is 0.306 e. The minimum Gasteiger partial charge on any atom is -0.306 e. The smallest absolute Gasteiger partial charge is 0.137 e. The van der Waals surface area contributed by atoms with Crippen molar-refractivity contribution in [2.24, 2.45) is 0 Å². The van der Waals surface area contributed by atoms with E-state index in [0.717, 1.165) is 22.2 Å². The van der Waals surface area contributed by atoms with Gasteiger partial charge in [0.1, 0.15) is 5.65 Å². The molecule has 4 rings (SSSR count). The Kier molecular flexibility index (Phi) is 3.36. The first-order valence-electron chi connectivity index (χ1n) is 6.86. The molecular formula is C17H13BrN2S. The van der Waals surface area contributed by atoms with Gasteiger partial charge in [-0.15, -0.1) is 11.8 Å². The molecular weight excluding hydrogens is 344 g/mol. The molecule has 0 N–H and O–H groups in total. The molecule has 4 heteroatoms. The summed E-state index contributed by atoms with van der Waals surface area (Å²) >= 11 is 5.41. The average Bonchev–Trinajstić information content (AvgIpc) is 3.14. The highest BCUT2D eigenvalue weighted by Crippen LogP contribution is 2.47. The Labute approximate surface area is 136 Å². The number of aromatic nitrogens is 2.